The molecule has 2 rings (SSSR count). The number of rotatable bonds is 6. The molecular weight excluding hydrogens is 262 g/mol. The van der Waals surface area contributed by atoms with Crippen LogP contribution in [-0.2, 0) is 9.53 Å². The van der Waals surface area contributed by atoms with Crippen molar-refractivity contribution in [2.24, 2.45) is 0 Å². The van der Waals surface area contributed by atoms with Crippen LogP contribution in [0.15, 0.2) is 6.33 Å². The Morgan fingerprint density at radius 2 is 2.35 bits per heavy atom. The number of methoxy groups -OCH3 is 1. The van der Waals surface area contributed by atoms with Crippen LogP contribution in [0.2, 0.25) is 0 Å². The fourth-order valence-corrected chi connectivity index (χ4v) is 1.65. The van der Waals surface area contributed by atoms with Crippen LogP contribution in [0.3, 0.4) is 0 Å². The highest BCUT2D eigenvalue weighted by Gasteiger charge is 2.16. The minimum absolute atomic E-state index is 0.0964. The van der Waals surface area contributed by atoms with Crippen LogP contribution in [0.1, 0.15) is 6.92 Å². The summed E-state index contributed by atoms with van der Waals surface area (Å²) in [6.07, 6.45) is 1.49. The number of hydrogen-bond acceptors (Lipinski definition) is 7. The van der Waals surface area contributed by atoms with Gasteiger partial charge in [0.25, 0.3) is 0 Å². The van der Waals surface area contributed by atoms with E-state index in [1.807, 2.05) is 0 Å². The summed E-state index contributed by atoms with van der Waals surface area (Å²) in [5.41, 5.74) is 6.66. The molecule has 5 N–H and O–H groups in total. The number of amides is 1. The molecule has 0 aromatic carbocycles. The number of carbonyl (C=O) groups excluding carboxylic acids is 1. The number of hydrogen-bond donors (Lipinski definition) is 4. The van der Waals surface area contributed by atoms with Crippen molar-refractivity contribution in [1.82, 2.24) is 25.3 Å². The minimum atomic E-state index is -0.479. The van der Waals surface area contributed by atoms with E-state index in [0.717, 1.165) is 0 Å². The summed E-state index contributed by atoms with van der Waals surface area (Å²) < 4.78 is 4.87. The monoisotopic (exact) mass is 279 g/mol. The first-order chi connectivity index (χ1) is 9.61. The first-order valence-corrected chi connectivity index (χ1v) is 6.11. The second-order valence-electron chi connectivity index (χ2n) is 4.18. The van der Waals surface area contributed by atoms with E-state index < -0.39 is 6.04 Å². The quantitative estimate of drug-likeness (QED) is 0.524. The molecule has 0 bridgehead atoms. The van der Waals surface area contributed by atoms with Crippen LogP contribution in [-0.4, -0.2) is 52.1 Å². The van der Waals surface area contributed by atoms with E-state index in [-0.39, 0.29) is 11.9 Å². The second-order valence-corrected chi connectivity index (χ2v) is 4.18. The Bertz CT molecular complexity index is 597. The minimum Gasteiger partial charge on any atom is -0.383 e. The standard InChI is InChI=1S/C11H17N7O2/c1-6(10(19)13-3-4-20-2)16-9-7-8(15-5-14-7)17-11(12)18-9/h5-6H,3-4H2,1-2H3,(H,13,19)(H4,12,14,15,16,17,18). The first kappa shape index (κ1) is 14.0. The number of H-pyrrole nitrogens is 1. The van der Waals surface area contributed by atoms with Gasteiger partial charge < -0.3 is 26.1 Å². The summed E-state index contributed by atoms with van der Waals surface area (Å²) in [5, 5.41) is 5.72. The smallest absolute Gasteiger partial charge is 0.242 e. The highest BCUT2D eigenvalue weighted by atomic mass is 16.5. The Labute approximate surface area is 115 Å². The zero-order valence-electron chi connectivity index (χ0n) is 11.3. The number of ether oxygens (including phenoxy) is 1. The van der Waals surface area contributed by atoms with Crippen LogP contribution in [0, 0.1) is 0 Å². The Kier molecular flexibility index (Phi) is 4.31. The number of nitrogens with one attached hydrogen (secondary N) is 3. The van der Waals surface area contributed by atoms with Crippen LogP contribution in [0.5, 0.6) is 0 Å². The van der Waals surface area contributed by atoms with Gasteiger partial charge in [-0.3, -0.25) is 4.79 Å². The van der Waals surface area contributed by atoms with Crippen LogP contribution in [0.4, 0.5) is 11.8 Å². The number of nitrogen functional groups attached to an aromatic ring is 1. The van der Waals surface area contributed by atoms with E-state index in [9.17, 15) is 4.79 Å². The number of imidazole rings is 1. The zero-order valence-corrected chi connectivity index (χ0v) is 11.3. The van der Waals surface area contributed by atoms with Gasteiger partial charge in [-0.25, -0.2) is 4.98 Å². The molecule has 0 fully saturated rings. The van der Waals surface area contributed by atoms with Gasteiger partial charge in [-0.05, 0) is 6.92 Å². The number of fused-ring (bicyclic) bond motifs is 1. The van der Waals surface area contributed by atoms with Crippen molar-refractivity contribution in [3.8, 4) is 0 Å². The fourth-order valence-electron chi connectivity index (χ4n) is 1.65. The fraction of sp³-hybridized carbons (Fsp3) is 0.455. The van der Waals surface area contributed by atoms with E-state index in [2.05, 4.69) is 30.6 Å². The zero-order chi connectivity index (χ0) is 14.5. The lowest BCUT2D eigenvalue weighted by atomic mass is 10.3. The van der Waals surface area contributed by atoms with Crippen LogP contribution in [0.25, 0.3) is 11.2 Å². The Balaban J connectivity index is 2.07. The molecule has 2 aromatic heterocycles. The molecule has 108 valence electrons. The predicted molar refractivity (Wildman–Crippen MR) is 74.1 cm³/mol. The SMILES string of the molecule is COCCNC(=O)C(C)Nc1nc(N)nc2nc[nH]c12. The third-order valence-corrected chi connectivity index (χ3v) is 2.65. The number of nitrogens with zero attached hydrogens (tertiary/aromatic N) is 3. The number of carbonyl (C=O) groups is 1. The van der Waals surface area contributed by atoms with Crippen LogP contribution < -0.4 is 16.4 Å². The van der Waals surface area contributed by atoms with Crippen molar-refractivity contribution in [3.63, 3.8) is 0 Å². The van der Waals surface area contributed by atoms with Gasteiger partial charge in [-0.1, -0.05) is 0 Å². The van der Waals surface area contributed by atoms with E-state index in [1.54, 1.807) is 14.0 Å². The maximum absolute atomic E-state index is 11.9. The molecule has 9 nitrogen and oxygen atoms in total. The molecule has 0 saturated carbocycles. The molecule has 0 aliphatic heterocycles. The average Bonchev–Trinajstić information content (AvgIpc) is 2.86. The molecular formula is C11H17N7O2. The maximum Gasteiger partial charge on any atom is 0.242 e. The molecule has 9 heteroatoms. The molecule has 1 amide bonds. The van der Waals surface area contributed by atoms with E-state index in [4.69, 9.17) is 10.5 Å². The van der Waals surface area contributed by atoms with Crippen LogP contribution >= 0.6 is 0 Å². The van der Waals surface area contributed by atoms with Crippen molar-refractivity contribution in [1.29, 1.82) is 0 Å². The van der Waals surface area contributed by atoms with Crippen molar-refractivity contribution in [2.45, 2.75) is 13.0 Å². The lowest BCUT2D eigenvalue weighted by molar-refractivity contribution is -0.121. The number of aromatic nitrogens is 4. The highest BCUT2D eigenvalue weighted by molar-refractivity contribution is 5.88. The summed E-state index contributed by atoms with van der Waals surface area (Å²) in [7, 11) is 1.58. The van der Waals surface area contributed by atoms with Crippen molar-refractivity contribution in [3.05, 3.63) is 6.33 Å². The molecule has 1 atom stereocenters. The normalized spacial score (nSPS) is 12.3. The number of anilines is 2. The van der Waals surface area contributed by atoms with Gasteiger partial charge in [-0.2, -0.15) is 9.97 Å². The highest BCUT2D eigenvalue weighted by Crippen LogP contribution is 2.17. The summed E-state index contributed by atoms with van der Waals surface area (Å²) in [4.78, 5) is 26.8. The predicted octanol–water partition coefficient (Wildman–Crippen LogP) is -0.502. The lowest BCUT2D eigenvalue weighted by Gasteiger charge is -2.14. The Hall–Kier alpha value is -2.42. The molecule has 0 spiro atoms. The number of nitrogens with two attached hydrogens (primary N) is 1. The summed E-state index contributed by atoms with van der Waals surface area (Å²) in [5.74, 6) is 0.380. The molecule has 2 heterocycles. The van der Waals surface area contributed by atoms with Gasteiger partial charge in [0.15, 0.2) is 11.5 Å². The van der Waals surface area contributed by atoms with Gasteiger partial charge in [0.05, 0.1) is 12.9 Å². The molecule has 0 aliphatic rings. The van der Waals surface area contributed by atoms with Gasteiger partial charge in [0.1, 0.15) is 11.6 Å². The molecule has 1 unspecified atom stereocenters. The molecule has 20 heavy (non-hydrogen) atoms. The first-order valence-electron chi connectivity index (χ1n) is 6.11. The average molecular weight is 279 g/mol. The van der Waals surface area contributed by atoms with Crippen molar-refractivity contribution in [2.75, 3.05) is 31.3 Å². The maximum atomic E-state index is 11.9. The summed E-state index contributed by atoms with van der Waals surface area (Å²) in [6.45, 7) is 2.64. The summed E-state index contributed by atoms with van der Waals surface area (Å²) >= 11 is 0. The van der Waals surface area contributed by atoms with Gasteiger partial charge in [0, 0.05) is 13.7 Å². The molecule has 2 aromatic rings. The van der Waals surface area contributed by atoms with E-state index >= 15 is 0 Å². The van der Waals surface area contributed by atoms with Gasteiger partial charge >= 0.3 is 0 Å². The second kappa shape index (κ2) is 6.15. The third kappa shape index (κ3) is 3.12. The molecule has 0 radical (unpaired) electrons. The number of aromatic amines is 1. The van der Waals surface area contributed by atoms with Gasteiger partial charge in [0.2, 0.25) is 11.9 Å². The van der Waals surface area contributed by atoms with Crippen molar-refractivity contribution >= 4 is 28.8 Å². The van der Waals surface area contributed by atoms with E-state index in [1.165, 1.54) is 6.33 Å². The molecule has 0 aliphatic carbocycles. The molecule has 0 saturated heterocycles. The Morgan fingerprint density at radius 1 is 1.55 bits per heavy atom. The van der Waals surface area contributed by atoms with E-state index in [0.29, 0.717) is 30.1 Å². The largest absolute Gasteiger partial charge is 0.383 e. The Morgan fingerprint density at radius 3 is 3.10 bits per heavy atom. The van der Waals surface area contributed by atoms with Crippen molar-refractivity contribution < 1.29 is 9.53 Å². The third-order valence-electron chi connectivity index (χ3n) is 2.65. The lowest BCUT2D eigenvalue weighted by Crippen LogP contribution is -2.39. The van der Waals surface area contributed by atoms with Gasteiger partial charge in [-0.15, -0.1) is 0 Å². The topological polar surface area (TPSA) is 131 Å². The summed E-state index contributed by atoms with van der Waals surface area (Å²) in [6, 6.07) is -0.479.